The highest BCUT2D eigenvalue weighted by Crippen LogP contribution is 2.10. The smallest absolute Gasteiger partial charge is 0.306 e. The first-order chi connectivity index (χ1) is 29.0. The van der Waals surface area contributed by atoms with Gasteiger partial charge in [0.15, 0.2) is 6.10 Å². The van der Waals surface area contributed by atoms with E-state index in [2.05, 4.69) is 93.7 Å². The summed E-state index contributed by atoms with van der Waals surface area (Å²) in [7, 11) is 0. The molecule has 0 rings (SSSR count). The maximum Gasteiger partial charge on any atom is 0.306 e. The van der Waals surface area contributed by atoms with E-state index in [1.165, 1.54) is 12.8 Å². The fourth-order valence-corrected chi connectivity index (χ4v) is 5.37. The van der Waals surface area contributed by atoms with E-state index in [4.69, 9.17) is 14.2 Å². The maximum absolute atomic E-state index is 12.7. The first-order valence-corrected chi connectivity index (χ1v) is 22.8. The molecule has 0 aliphatic carbocycles. The molecule has 0 saturated carbocycles. The third kappa shape index (κ3) is 44.5. The molecule has 0 amide bonds. The van der Waals surface area contributed by atoms with Crippen molar-refractivity contribution in [1.82, 2.24) is 0 Å². The Bertz CT molecular complexity index is 1350. The molecule has 328 valence electrons. The second-order valence-corrected chi connectivity index (χ2v) is 14.3. The van der Waals surface area contributed by atoms with Crippen LogP contribution < -0.4 is 0 Å². The van der Waals surface area contributed by atoms with Crippen molar-refractivity contribution in [2.45, 2.75) is 168 Å². The quantitative estimate of drug-likeness (QED) is 0.0203. The van der Waals surface area contributed by atoms with Crippen LogP contribution in [-0.2, 0) is 28.6 Å². The van der Waals surface area contributed by atoms with Gasteiger partial charge in [-0.15, -0.1) is 0 Å². The van der Waals surface area contributed by atoms with E-state index >= 15 is 0 Å². The standard InChI is InChI=1S/C53H80O6/c1-4-7-10-13-16-19-22-24-26-28-29-31-34-37-40-43-46-52(55)58-49-50(48-57-51(54)45-42-39-36-33-21-18-15-12-9-6-3)59-53(56)47-44-41-38-35-32-30-27-25-23-20-17-14-11-8-5-2/h7-8,10-11,14-20,23-27,29-32,37,40,50H,4-6,9,12-13,21-22,28,33-36,38-39,41-49H2,1-3H3/b10-7-,11-8-,17-14-,18-15-,19-16-,23-20-,26-24-,27-25-,31-29-,32-30-,40-37-. The number of carbonyl (C=O) groups excluding carboxylic acids is 3. The molecule has 0 saturated heterocycles. The van der Waals surface area contributed by atoms with Gasteiger partial charge in [0, 0.05) is 19.3 Å². The monoisotopic (exact) mass is 813 g/mol. The topological polar surface area (TPSA) is 78.9 Å². The van der Waals surface area contributed by atoms with E-state index in [0.717, 1.165) is 96.3 Å². The molecule has 1 unspecified atom stereocenters. The van der Waals surface area contributed by atoms with Gasteiger partial charge in [-0.1, -0.05) is 187 Å². The Morgan fingerprint density at radius 3 is 1.34 bits per heavy atom. The Kier molecular flexibility index (Phi) is 42.8. The van der Waals surface area contributed by atoms with Gasteiger partial charge in [-0.05, 0) is 89.9 Å². The zero-order valence-electron chi connectivity index (χ0n) is 37.2. The van der Waals surface area contributed by atoms with Gasteiger partial charge >= 0.3 is 17.9 Å². The minimum absolute atomic E-state index is 0.130. The molecule has 6 heteroatoms. The van der Waals surface area contributed by atoms with Crippen molar-refractivity contribution < 1.29 is 28.6 Å². The van der Waals surface area contributed by atoms with Crippen molar-refractivity contribution >= 4 is 17.9 Å². The van der Waals surface area contributed by atoms with Crippen LogP contribution in [0.25, 0.3) is 0 Å². The lowest BCUT2D eigenvalue weighted by molar-refractivity contribution is -0.166. The third-order valence-corrected chi connectivity index (χ3v) is 8.76. The van der Waals surface area contributed by atoms with E-state index in [0.29, 0.717) is 19.3 Å². The Morgan fingerprint density at radius 1 is 0.373 bits per heavy atom. The number of hydrogen-bond donors (Lipinski definition) is 0. The summed E-state index contributed by atoms with van der Waals surface area (Å²) in [4.78, 5) is 37.7. The highest BCUT2D eigenvalue weighted by Gasteiger charge is 2.19. The van der Waals surface area contributed by atoms with E-state index in [9.17, 15) is 14.4 Å². The molecule has 0 aromatic rings. The lowest BCUT2D eigenvalue weighted by Crippen LogP contribution is -2.30. The molecule has 0 heterocycles. The molecule has 0 aliphatic rings. The van der Waals surface area contributed by atoms with Gasteiger partial charge in [0.2, 0.25) is 0 Å². The van der Waals surface area contributed by atoms with Crippen LogP contribution >= 0.6 is 0 Å². The summed E-state index contributed by atoms with van der Waals surface area (Å²) < 4.78 is 16.6. The van der Waals surface area contributed by atoms with Crippen LogP contribution in [0.1, 0.15) is 162 Å². The minimum Gasteiger partial charge on any atom is -0.462 e. The summed E-state index contributed by atoms with van der Waals surface area (Å²) in [6.45, 7) is 6.18. The SMILES string of the molecule is CC\C=C/C=C\C=C/C=C\C=C/CCCCCC(=O)OC(COC(=O)CC/C=C\C/C=C\C/C=C\C/C=C\C/C=C\CC)COC(=O)CCCCCC/C=C\CCCC. The number of rotatable bonds is 38. The van der Waals surface area contributed by atoms with E-state index < -0.39 is 6.10 Å². The van der Waals surface area contributed by atoms with Gasteiger partial charge in [0.25, 0.3) is 0 Å². The van der Waals surface area contributed by atoms with Crippen LogP contribution in [0.3, 0.4) is 0 Å². The summed E-state index contributed by atoms with van der Waals surface area (Å²) in [6, 6.07) is 0. The van der Waals surface area contributed by atoms with Crippen molar-refractivity contribution in [3.63, 3.8) is 0 Å². The number of hydrogen-bond acceptors (Lipinski definition) is 6. The second kappa shape index (κ2) is 46.2. The lowest BCUT2D eigenvalue weighted by atomic mass is 10.1. The molecular weight excluding hydrogens is 733 g/mol. The zero-order chi connectivity index (χ0) is 43.0. The Morgan fingerprint density at radius 2 is 0.780 bits per heavy atom. The first kappa shape index (κ1) is 54.6. The Labute approximate surface area is 360 Å². The van der Waals surface area contributed by atoms with Crippen LogP contribution in [0.15, 0.2) is 134 Å². The molecule has 0 bridgehead atoms. The average Bonchev–Trinajstić information content (AvgIpc) is 3.23. The fourth-order valence-electron chi connectivity index (χ4n) is 5.37. The van der Waals surface area contributed by atoms with Gasteiger partial charge in [-0.25, -0.2) is 0 Å². The summed E-state index contributed by atoms with van der Waals surface area (Å²) >= 11 is 0. The van der Waals surface area contributed by atoms with E-state index in [1.807, 2.05) is 60.8 Å². The van der Waals surface area contributed by atoms with Gasteiger partial charge < -0.3 is 14.2 Å². The molecular formula is C53H80O6. The van der Waals surface area contributed by atoms with Gasteiger partial charge in [0.1, 0.15) is 13.2 Å². The molecule has 0 fully saturated rings. The largest absolute Gasteiger partial charge is 0.462 e. The van der Waals surface area contributed by atoms with Crippen molar-refractivity contribution in [3.05, 3.63) is 134 Å². The number of unbranched alkanes of at least 4 members (excludes halogenated alkanes) is 9. The maximum atomic E-state index is 12.7. The van der Waals surface area contributed by atoms with Crippen LogP contribution in [0.5, 0.6) is 0 Å². The van der Waals surface area contributed by atoms with Crippen LogP contribution in [0.4, 0.5) is 0 Å². The highest BCUT2D eigenvalue weighted by atomic mass is 16.6. The summed E-state index contributed by atoms with van der Waals surface area (Å²) in [5.41, 5.74) is 0. The molecule has 6 nitrogen and oxygen atoms in total. The van der Waals surface area contributed by atoms with Crippen LogP contribution in [0.2, 0.25) is 0 Å². The number of esters is 3. The molecule has 1 atom stereocenters. The van der Waals surface area contributed by atoms with Gasteiger partial charge in [-0.3, -0.25) is 14.4 Å². The zero-order valence-corrected chi connectivity index (χ0v) is 37.2. The fraction of sp³-hybridized carbons (Fsp3) is 0.528. The lowest BCUT2D eigenvalue weighted by Gasteiger charge is -2.18. The van der Waals surface area contributed by atoms with E-state index in [-0.39, 0.29) is 44.0 Å². The summed E-state index contributed by atoms with van der Waals surface area (Å²) in [5.74, 6) is -1.09. The average molecular weight is 813 g/mol. The number of carbonyl (C=O) groups is 3. The summed E-state index contributed by atoms with van der Waals surface area (Å²) in [5, 5.41) is 0. The predicted molar refractivity (Wildman–Crippen MR) is 251 cm³/mol. The molecule has 0 spiro atoms. The molecule has 0 aromatic carbocycles. The van der Waals surface area contributed by atoms with Crippen LogP contribution in [-0.4, -0.2) is 37.2 Å². The third-order valence-electron chi connectivity index (χ3n) is 8.76. The van der Waals surface area contributed by atoms with Crippen molar-refractivity contribution in [2.75, 3.05) is 13.2 Å². The van der Waals surface area contributed by atoms with Gasteiger partial charge in [0.05, 0.1) is 0 Å². The van der Waals surface area contributed by atoms with Gasteiger partial charge in [-0.2, -0.15) is 0 Å². The predicted octanol–water partition coefficient (Wildman–Crippen LogP) is 14.7. The molecule has 0 aliphatic heterocycles. The number of allylic oxidation sites excluding steroid dienone is 22. The normalized spacial score (nSPS) is 13.3. The molecule has 0 radical (unpaired) electrons. The molecule has 59 heavy (non-hydrogen) atoms. The highest BCUT2D eigenvalue weighted by molar-refractivity contribution is 5.71. The minimum atomic E-state index is -0.837. The first-order valence-electron chi connectivity index (χ1n) is 22.8. The number of ether oxygens (including phenoxy) is 3. The van der Waals surface area contributed by atoms with Crippen molar-refractivity contribution in [2.24, 2.45) is 0 Å². The Balaban J connectivity index is 4.62. The van der Waals surface area contributed by atoms with Crippen molar-refractivity contribution in [1.29, 1.82) is 0 Å². The van der Waals surface area contributed by atoms with E-state index in [1.54, 1.807) is 0 Å². The Hall–Kier alpha value is -4.45. The van der Waals surface area contributed by atoms with Crippen LogP contribution in [0, 0.1) is 0 Å². The second-order valence-electron chi connectivity index (χ2n) is 14.3. The molecule has 0 aromatic heterocycles. The summed E-state index contributed by atoms with van der Waals surface area (Å²) in [6.07, 6.45) is 64.5. The van der Waals surface area contributed by atoms with Crippen molar-refractivity contribution in [3.8, 4) is 0 Å². The molecule has 0 N–H and O–H groups in total.